The van der Waals surface area contributed by atoms with Gasteiger partial charge in [-0.15, -0.1) is 0 Å². The molecule has 0 radical (unpaired) electrons. The number of phenols is 3. The van der Waals surface area contributed by atoms with E-state index >= 15 is 0 Å². The van der Waals surface area contributed by atoms with Crippen molar-refractivity contribution in [2.75, 3.05) is 6.54 Å². The maximum absolute atomic E-state index is 12.6. The van der Waals surface area contributed by atoms with E-state index in [-0.39, 0.29) is 13.0 Å². The molecule has 7 N–H and O–H groups in total. The van der Waals surface area contributed by atoms with Gasteiger partial charge in [0.15, 0.2) is 17.2 Å². The van der Waals surface area contributed by atoms with Crippen molar-refractivity contribution >= 4 is 17.8 Å². The molecule has 2 atom stereocenters. The lowest BCUT2D eigenvalue weighted by molar-refractivity contribution is -0.143. The van der Waals surface area contributed by atoms with E-state index in [1.54, 1.807) is 30.3 Å². The van der Waals surface area contributed by atoms with E-state index in [4.69, 9.17) is 5.11 Å². The lowest BCUT2D eigenvalue weighted by Gasteiger charge is -2.20. The monoisotopic (exact) mass is 446 g/mol. The first-order chi connectivity index (χ1) is 15.2. The average Bonchev–Trinajstić information content (AvgIpc) is 2.73. The van der Waals surface area contributed by atoms with Crippen LogP contribution in [0.25, 0.3) is 0 Å². The summed E-state index contributed by atoms with van der Waals surface area (Å²) < 4.78 is 0. The van der Waals surface area contributed by atoms with Crippen LogP contribution in [0.15, 0.2) is 42.5 Å². The standard InChI is InChI=1S/C22H26N2O8/c25-17-10-14(11-18(26)20(17)29)7-4-8-23-15(12-19(27)28)21(30)24-16(22(31)32)9-13-5-2-1-3-6-13/h1-3,5-6,10-11,15-16,23,25-26,29H,4,7-9,12H2,(H,24,30)(H,27,28)(H,31,32)/t15-,16-/m0/s1. The fourth-order valence-electron chi connectivity index (χ4n) is 3.13. The molecular weight excluding hydrogens is 420 g/mol. The van der Waals surface area contributed by atoms with Crippen molar-refractivity contribution in [3.63, 3.8) is 0 Å². The Morgan fingerprint density at radius 1 is 0.875 bits per heavy atom. The van der Waals surface area contributed by atoms with Crippen LogP contribution in [0.5, 0.6) is 17.2 Å². The van der Waals surface area contributed by atoms with Gasteiger partial charge in [0, 0.05) is 6.42 Å². The van der Waals surface area contributed by atoms with Crippen molar-refractivity contribution in [3.8, 4) is 17.2 Å². The lowest BCUT2D eigenvalue weighted by Crippen LogP contribution is -2.51. The number of carboxylic acid groups (broad SMARTS) is 2. The van der Waals surface area contributed by atoms with Crippen LogP contribution >= 0.6 is 0 Å². The summed E-state index contributed by atoms with van der Waals surface area (Å²) in [6.07, 6.45) is 0.292. The minimum atomic E-state index is -1.23. The summed E-state index contributed by atoms with van der Waals surface area (Å²) in [7, 11) is 0. The van der Waals surface area contributed by atoms with Crippen molar-refractivity contribution < 1.29 is 39.9 Å². The SMILES string of the molecule is O=C(O)C[C@H](NCCCc1cc(O)c(O)c(O)c1)C(=O)N[C@@H](Cc1ccccc1)C(=O)O. The Morgan fingerprint density at radius 3 is 2.06 bits per heavy atom. The van der Waals surface area contributed by atoms with Crippen molar-refractivity contribution in [2.45, 2.75) is 37.8 Å². The number of carbonyl (C=O) groups is 3. The molecule has 2 aromatic carbocycles. The molecule has 0 aromatic heterocycles. The molecule has 0 saturated carbocycles. The van der Waals surface area contributed by atoms with Gasteiger partial charge in [-0.1, -0.05) is 30.3 Å². The van der Waals surface area contributed by atoms with E-state index < -0.39 is 53.6 Å². The van der Waals surface area contributed by atoms with Gasteiger partial charge in [-0.05, 0) is 42.6 Å². The molecule has 0 aliphatic carbocycles. The maximum atomic E-state index is 12.6. The van der Waals surface area contributed by atoms with E-state index in [2.05, 4.69) is 10.6 Å². The van der Waals surface area contributed by atoms with Gasteiger partial charge in [-0.2, -0.15) is 0 Å². The lowest BCUT2D eigenvalue weighted by atomic mass is 10.0. The van der Waals surface area contributed by atoms with Crippen LogP contribution in [0.4, 0.5) is 0 Å². The molecule has 1 amide bonds. The largest absolute Gasteiger partial charge is 0.504 e. The molecule has 10 nitrogen and oxygen atoms in total. The Bertz CT molecular complexity index is 925. The summed E-state index contributed by atoms with van der Waals surface area (Å²) in [6, 6.07) is 8.96. The molecule has 172 valence electrons. The second-order valence-corrected chi connectivity index (χ2v) is 7.28. The molecule has 10 heteroatoms. The highest BCUT2D eigenvalue weighted by Crippen LogP contribution is 2.35. The Morgan fingerprint density at radius 2 is 1.50 bits per heavy atom. The van der Waals surface area contributed by atoms with Crippen LogP contribution in [0.2, 0.25) is 0 Å². The maximum Gasteiger partial charge on any atom is 0.326 e. The third-order valence-electron chi connectivity index (χ3n) is 4.75. The smallest absolute Gasteiger partial charge is 0.326 e. The summed E-state index contributed by atoms with van der Waals surface area (Å²) in [5.41, 5.74) is 1.25. The Kier molecular flexibility index (Phi) is 8.84. The Balaban J connectivity index is 1.94. The van der Waals surface area contributed by atoms with E-state index in [9.17, 15) is 34.8 Å². The first-order valence-electron chi connectivity index (χ1n) is 9.93. The Labute approximate surface area is 184 Å². The molecule has 32 heavy (non-hydrogen) atoms. The molecule has 0 aliphatic heterocycles. The Hall–Kier alpha value is -3.79. The number of benzene rings is 2. The number of nitrogens with one attached hydrogen (secondary N) is 2. The highest BCUT2D eigenvalue weighted by atomic mass is 16.4. The zero-order valence-corrected chi connectivity index (χ0v) is 17.2. The van der Waals surface area contributed by atoms with Gasteiger partial charge < -0.3 is 36.2 Å². The quantitative estimate of drug-likeness (QED) is 0.185. The topological polar surface area (TPSA) is 176 Å². The molecule has 0 saturated heterocycles. The van der Waals surface area contributed by atoms with Crippen molar-refractivity contribution in [1.82, 2.24) is 10.6 Å². The fourth-order valence-corrected chi connectivity index (χ4v) is 3.13. The number of hydrogen-bond donors (Lipinski definition) is 7. The number of amides is 1. The van der Waals surface area contributed by atoms with Crippen LogP contribution in [0, 0.1) is 0 Å². The molecule has 2 rings (SSSR count). The fraction of sp³-hybridized carbons (Fsp3) is 0.318. The summed E-state index contributed by atoms with van der Waals surface area (Å²) >= 11 is 0. The first-order valence-corrected chi connectivity index (χ1v) is 9.93. The third kappa shape index (κ3) is 7.47. The van der Waals surface area contributed by atoms with Gasteiger partial charge in [-0.3, -0.25) is 9.59 Å². The number of hydrogen-bond acceptors (Lipinski definition) is 7. The summed E-state index contributed by atoms with van der Waals surface area (Å²) in [4.78, 5) is 35.3. The number of carboxylic acids is 2. The zero-order valence-electron chi connectivity index (χ0n) is 17.2. The average molecular weight is 446 g/mol. The number of rotatable bonds is 12. The molecule has 0 unspecified atom stereocenters. The third-order valence-corrected chi connectivity index (χ3v) is 4.75. The van der Waals surface area contributed by atoms with Crippen LogP contribution in [-0.4, -0.2) is 62.0 Å². The molecule has 0 fully saturated rings. The van der Waals surface area contributed by atoms with Crippen LogP contribution in [0.3, 0.4) is 0 Å². The number of carbonyl (C=O) groups excluding carboxylic acids is 1. The predicted molar refractivity (Wildman–Crippen MR) is 114 cm³/mol. The van der Waals surface area contributed by atoms with E-state index in [0.717, 1.165) is 0 Å². The molecule has 2 aromatic rings. The highest BCUT2D eigenvalue weighted by Gasteiger charge is 2.27. The zero-order chi connectivity index (χ0) is 23.7. The van der Waals surface area contributed by atoms with Crippen LogP contribution < -0.4 is 10.6 Å². The van der Waals surface area contributed by atoms with Crippen LogP contribution in [-0.2, 0) is 27.2 Å². The normalized spacial score (nSPS) is 12.6. The second-order valence-electron chi connectivity index (χ2n) is 7.28. The molecule has 0 spiro atoms. The van der Waals surface area contributed by atoms with Gasteiger partial charge in [0.2, 0.25) is 5.91 Å². The van der Waals surface area contributed by atoms with Crippen molar-refractivity contribution in [2.24, 2.45) is 0 Å². The van der Waals surface area contributed by atoms with E-state index in [1.165, 1.54) is 12.1 Å². The number of phenolic OH excluding ortho intramolecular Hbond substituents is 3. The highest BCUT2D eigenvalue weighted by molar-refractivity contribution is 5.89. The molecular formula is C22H26N2O8. The van der Waals surface area contributed by atoms with E-state index in [1.807, 2.05) is 0 Å². The minimum absolute atomic E-state index is 0.0511. The van der Waals surface area contributed by atoms with Gasteiger partial charge in [0.05, 0.1) is 12.5 Å². The van der Waals surface area contributed by atoms with Gasteiger partial charge >= 0.3 is 11.9 Å². The first kappa shape index (κ1) is 24.5. The summed E-state index contributed by atoms with van der Waals surface area (Å²) in [6.45, 7) is 0.212. The summed E-state index contributed by atoms with van der Waals surface area (Å²) in [5.74, 6) is -4.74. The van der Waals surface area contributed by atoms with Crippen LogP contribution in [0.1, 0.15) is 24.0 Å². The second kappa shape index (κ2) is 11.6. The number of aryl methyl sites for hydroxylation is 1. The van der Waals surface area contributed by atoms with Gasteiger partial charge in [-0.25, -0.2) is 4.79 Å². The van der Waals surface area contributed by atoms with Gasteiger partial charge in [0.25, 0.3) is 0 Å². The minimum Gasteiger partial charge on any atom is -0.504 e. The molecule has 0 aliphatic rings. The van der Waals surface area contributed by atoms with Crippen molar-refractivity contribution in [1.29, 1.82) is 0 Å². The number of aliphatic carboxylic acids is 2. The molecule has 0 heterocycles. The summed E-state index contributed by atoms with van der Waals surface area (Å²) in [5, 5.41) is 52.2. The van der Waals surface area contributed by atoms with Gasteiger partial charge in [0.1, 0.15) is 6.04 Å². The number of aromatic hydroxyl groups is 3. The predicted octanol–water partition coefficient (Wildman–Crippen LogP) is 0.981. The van der Waals surface area contributed by atoms with Crippen molar-refractivity contribution in [3.05, 3.63) is 53.6 Å². The molecule has 0 bridgehead atoms. The van der Waals surface area contributed by atoms with E-state index in [0.29, 0.717) is 24.0 Å².